The number of rotatable bonds is 15. The van der Waals surface area contributed by atoms with Crippen molar-refractivity contribution in [1.82, 2.24) is 0 Å². The molecule has 0 bridgehead atoms. The summed E-state index contributed by atoms with van der Waals surface area (Å²) in [5, 5.41) is 27.0. The van der Waals surface area contributed by atoms with E-state index < -0.39 is 52.7 Å². The molecule has 0 aromatic heterocycles. The first-order chi connectivity index (χ1) is 29.8. The molecule has 4 N–H and O–H groups in total. The summed E-state index contributed by atoms with van der Waals surface area (Å²) in [6, 6.07) is 18.3. The Balaban J connectivity index is 1.28. The molecule has 3 unspecified atom stereocenters. The summed E-state index contributed by atoms with van der Waals surface area (Å²) < 4.78 is 0. The fourth-order valence-corrected chi connectivity index (χ4v) is 6.81. The van der Waals surface area contributed by atoms with Crippen LogP contribution in [0.5, 0.6) is 0 Å². The van der Waals surface area contributed by atoms with Crippen LogP contribution in [-0.4, -0.2) is 47.3 Å². The molecule has 0 radical (unpaired) electrons. The van der Waals surface area contributed by atoms with E-state index in [-0.39, 0.29) is 54.0 Å². The van der Waals surface area contributed by atoms with Crippen LogP contribution in [0.4, 0.5) is 34.1 Å². The van der Waals surface area contributed by atoms with Crippen LogP contribution in [0.3, 0.4) is 0 Å². The van der Waals surface area contributed by atoms with Crippen LogP contribution >= 0.6 is 81.2 Å². The highest BCUT2D eigenvalue weighted by molar-refractivity contribution is 6.38. The SMILES string of the molecule is CC(=O)C(N=Nc1cc(C(=O)Nc2ccc(Cl)cc2Cl)ccc1Cl)C(=O)Nc1ccc(NC(=O)C(N=Nc2cc(C(=O)Nc3ccc(Cl)cc3Cl)ccc2Cl)C(C)=O)c(C(C)Cl)c1. The van der Waals surface area contributed by atoms with Crippen LogP contribution in [-0.2, 0) is 19.2 Å². The number of carbonyl (C=O) groups is 6. The molecule has 5 aromatic carbocycles. The van der Waals surface area contributed by atoms with Crippen molar-refractivity contribution in [2.75, 3.05) is 21.3 Å². The van der Waals surface area contributed by atoms with E-state index in [1.807, 2.05) is 0 Å². The number of hydrogen-bond acceptors (Lipinski definition) is 10. The molecular weight excluding hydrogens is 961 g/mol. The standard InChI is InChI=1S/C42H31Cl7N8O6/c1-19(43)27-18-26(50-41(62)37(20(2)58)56-54-35-14-22(4-9-28(35)46)39(60)52-33-11-6-24(44)16-30(33)48)8-13-32(27)51-42(63)38(21(3)59)57-55-36-15-23(5-10-29(36)47)40(61)53-34-12-7-25(45)17-31(34)49/h4-19,37-38H,1-3H3,(H,50,62)(H,51,63)(H,52,60)(H,53,61). The van der Waals surface area contributed by atoms with E-state index in [1.54, 1.807) is 19.1 Å². The normalized spacial score (nSPS) is 12.7. The van der Waals surface area contributed by atoms with Crippen molar-refractivity contribution in [2.45, 2.75) is 38.2 Å². The summed E-state index contributed by atoms with van der Waals surface area (Å²) in [6.45, 7) is 3.87. The van der Waals surface area contributed by atoms with Crippen LogP contribution < -0.4 is 21.3 Å². The Bertz CT molecular complexity index is 2710. The number of azo groups is 2. The van der Waals surface area contributed by atoms with E-state index in [9.17, 15) is 28.8 Å². The summed E-state index contributed by atoms with van der Waals surface area (Å²) in [7, 11) is 0. The van der Waals surface area contributed by atoms with Gasteiger partial charge in [-0.1, -0.05) is 69.6 Å². The Morgan fingerprint density at radius 2 is 0.921 bits per heavy atom. The second-order valence-corrected chi connectivity index (χ2v) is 16.5. The Labute approximate surface area is 394 Å². The van der Waals surface area contributed by atoms with Gasteiger partial charge in [0.2, 0.25) is 12.1 Å². The largest absolute Gasteiger partial charge is 0.324 e. The van der Waals surface area contributed by atoms with Crippen molar-refractivity contribution in [3.05, 3.63) is 138 Å². The number of nitrogens with zero attached hydrogens (tertiary/aromatic N) is 4. The summed E-state index contributed by atoms with van der Waals surface area (Å²) in [5.74, 6) is -4.22. The molecule has 5 rings (SSSR count). The maximum Gasteiger partial charge on any atom is 0.258 e. The minimum Gasteiger partial charge on any atom is -0.324 e. The lowest BCUT2D eigenvalue weighted by Crippen LogP contribution is -2.32. The summed E-state index contributed by atoms with van der Waals surface area (Å²) in [6.07, 6.45) is 0. The fourth-order valence-electron chi connectivity index (χ4n) is 5.40. The molecule has 0 saturated heterocycles. The van der Waals surface area contributed by atoms with Gasteiger partial charge in [0.05, 0.1) is 36.8 Å². The topological polar surface area (TPSA) is 200 Å². The van der Waals surface area contributed by atoms with Crippen molar-refractivity contribution in [3.63, 3.8) is 0 Å². The number of alkyl halides is 1. The van der Waals surface area contributed by atoms with Gasteiger partial charge in [0.1, 0.15) is 11.4 Å². The monoisotopic (exact) mass is 988 g/mol. The number of carbonyl (C=O) groups excluding carboxylic acids is 6. The Morgan fingerprint density at radius 1 is 0.492 bits per heavy atom. The highest BCUT2D eigenvalue weighted by Gasteiger charge is 2.27. The van der Waals surface area contributed by atoms with Crippen LogP contribution in [0.15, 0.2) is 111 Å². The van der Waals surface area contributed by atoms with Gasteiger partial charge < -0.3 is 21.3 Å². The molecule has 0 spiro atoms. The number of Topliss-reactive ketones (excluding diaryl/α,β-unsaturated/α-hetero) is 2. The molecule has 0 saturated carbocycles. The van der Waals surface area contributed by atoms with Gasteiger partial charge in [-0.25, -0.2) is 0 Å². The van der Waals surface area contributed by atoms with E-state index >= 15 is 0 Å². The lowest BCUT2D eigenvalue weighted by Gasteiger charge is -2.17. The number of anilines is 4. The molecular formula is C42H31Cl7N8O6. The van der Waals surface area contributed by atoms with E-state index in [0.29, 0.717) is 27.0 Å². The predicted octanol–water partition coefficient (Wildman–Crippen LogP) is 12.8. The average Bonchev–Trinajstić information content (AvgIpc) is 3.21. The maximum absolute atomic E-state index is 13.5. The first-order valence-electron chi connectivity index (χ1n) is 18.2. The number of hydrogen-bond donors (Lipinski definition) is 4. The van der Waals surface area contributed by atoms with Crippen molar-refractivity contribution in [2.24, 2.45) is 20.5 Å². The summed E-state index contributed by atoms with van der Waals surface area (Å²) >= 11 is 43.3. The number of nitrogens with one attached hydrogen (secondary N) is 4. The quantitative estimate of drug-likeness (QED) is 0.0457. The molecule has 0 aliphatic rings. The highest BCUT2D eigenvalue weighted by Crippen LogP contribution is 2.33. The first-order valence-corrected chi connectivity index (χ1v) is 20.9. The minimum absolute atomic E-state index is 0.00711. The van der Waals surface area contributed by atoms with Crippen molar-refractivity contribution >= 4 is 151 Å². The van der Waals surface area contributed by atoms with Crippen LogP contribution in [0.1, 0.15) is 52.4 Å². The zero-order valence-corrected chi connectivity index (χ0v) is 38.1. The fraction of sp³-hybridized carbons (Fsp3) is 0.143. The predicted molar refractivity (Wildman–Crippen MR) is 248 cm³/mol. The molecule has 324 valence electrons. The zero-order chi connectivity index (χ0) is 46.1. The van der Waals surface area contributed by atoms with E-state index in [4.69, 9.17) is 81.2 Å². The summed E-state index contributed by atoms with van der Waals surface area (Å²) in [4.78, 5) is 78.0. The third-order valence-corrected chi connectivity index (χ3v) is 10.6. The van der Waals surface area contributed by atoms with Gasteiger partial charge in [0.25, 0.3) is 23.6 Å². The van der Waals surface area contributed by atoms with Gasteiger partial charge in [-0.05, 0) is 117 Å². The van der Waals surface area contributed by atoms with Crippen molar-refractivity contribution in [3.8, 4) is 0 Å². The molecule has 4 amide bonds. The molecule has 63 heavy (non-hydrogen) atoms. The van der Waals surface area contributed by atoms with Crippen LogP contribution in [0, 0.1) is 0 Å². The van der Waals surface area contributed by atoms with Crippen molar-refractivity contribution in [1.29, 1.82) is 0 Å². The number of halogens is 7. The number of benzene rings is 5. The lowest BCUT2D eigenvalue weighted by molar-refractivity contribution is -0.127. The zero-order valence-electron chi connectivity index (χ0n) is 32.8. The molecule has 0 aliphatic carbocycles. The number of ketones is 2. The minimum atomic E-state index is -1.66. The molecule has 21 heteroatoms. The lowest BCUT2D eigenvalue weighted by atomic mass is 10.1. The second kappa shape index (κ2) is 21.8. The van der Waals surface area contributed by atoms with E-state index in [1.165, 1.54) is 78.9 Å². The molecule has 0 aliphatic heterocycles. The molecule has 14 nitrogen and oxygen atoms in total. The van der Waals surface area contributed by atoms with Crippen LogP contribution in [0.25, 0.3) is 0 Å². The third-order valence-electron chi connectivity index (χ3n) is 8.61. The maximum atomic E-state index is 13.5. The van der Waals surface area contributed by atoms with Gasteiger partial charge in [-0.15, -0.1) is 11.6 Å². The Morgan fingerprint density at radius 3 is 1.33 bits per heavy atom. The average molecular weight is 992 g/mol. The third kappa shape index (κ3) is 13.1. The molecule has 0 fully saturated rings. The number of amides is 4. The van der Waals surface area contributed by atoms with Crippen molar-refractivity contribution < 1.29 is 28.8 Å². The van der Waals surface area contributed by atoms with Gasteiger partial charge in [-0.2, -0.15) is 20.5 Å². The highest BCUT2D eigenvalue weighted by atomic mass is 35.5. The van der Waals surface area contributed by atoms with E-state index in [2.05, 4.69) is 41.7 Å². The smallest absolute Gasteiger partial charge is 0.258 e. The van der Waals surface area contributed by atoms with Gasteiger partial charge in [0, 0.05) is 32.5 Å². The Kier molecular flexibility index (Phi) is 16.8. The molecule has 5 aromatic rings. The molecule has 0 heterocycles. The van der Waals surface area contributed by atoms with Gasteiger partial charge in [0.15, 0.2) is 11.6 Å². The summed E-state index contributed by atoms with van der Waals surface area (Å²) in [5.41, 5.74) is 1.47. The second-order valence-electron chi connectivity index (χ2n) is 13.3. The van der Waals surface area contributed by atoms with Gasteiger partial charge >= 0.3 is 0 Å². The van der Waals surface area contributed by atoms with Crippen LogP contribution in [0.2, 0.25) is 30.1 Å². The van der Waals surface area contributed by atoms with E-state index in [0.717, 1.165) is 13.8 Å². The first kappa shape index (κ1) is 48.6. The molecule has 3 atom stereocenters. The Hall–Kier alpha value is -5.45. The van der Waals surface area contributed by atoms with Gasteiger partial charge in [-0.3, -0.25) is 28.8 Å².